The summed E-state index contributed by atoms with van der Waals surface area (Å²) in [5.74, 6) is 0. The molecular weight excluding hydrogens is 342 g/mol. The predicted molar refractivity (Wildman–Crippen MR) is 97.6 cm³/mol. The number of anilines is 1. The smallest absolute Gasteiger partial charge is 0.293 e. The van der Waals surface area contributed by atoms with E-state index in [1.54, 1.807) is 0 Å². The lowest BCUT2D eigenvalue weighted by atomic mass is 10.1. The van der Waals surface area contributed by atoms with Gasteiger partial charge in [-0.25, -0.2) is 8.42 Å². The number of hydrogen-bond acceptors (Lipinski definition) is 6. The molecule has 0 aliphatic carbocycles. The molecule has 0 unspecified atom stereocenters. The SMILES string of the molecule is CN(C)[C@@H](CNc1ccc(S(C)(=O)=O)cc1[N+](=O)[O-])c1ccccc1. The van der Waals surface area contributed by atoms with E-state index in [1.807, 2.05) is 49.3 Å². The second-order valence-electron chi connectivity index (χ2n) is 5.98. The molecule has 2 aromatic carbocycles. The van der Waals surface area contributed by atoms with E-state index >= 15 is 0 Å². The quantitative estimate of drug-likeness (QED) is 0.601. The van der Waals surface area contributed by atoms with E-state index in [2.05, 4.69) is 5.32 Å². The summed E-state index contributed by atoms with van der Waals surface area (Å²) in [7, 11) is 0.358. The zero-order valence-electron chi connectivity index (χ0n) is 14.3. The van der Waals surface area contributed by atoms with Gasteiger partial charge in [-0.2, -0.15) is 0 Å². The first-order chi connectivity index (χ1) is 11.7. The number of nitrogens with zero attached hydrogens (tertiary/aromatic N) is 2. The van der Waals surface area contributed by atoms with Gasteiger partial charge in [-0.3, -0.25) is 10.1 Å². The highest BCUT2D eigenvalue weighted by Crippen LogP contribution is 2.29. The molecule has 0 saturated heterocycles. The minimum absolute atomic E-state index is 0.00962. The van der Waals surface area contributed by atoms with E-state index in [1.165, 1.54) is 12.1 Å². The fraction of sp³-hybridized carbons (Fsp3) is 0.294. The van der Waals surface area contributed by atoms with Gasteiger partial charge in [-0.05, 0) is 31.8 Å². The van der Waals surface area contributed by atoms with Crippen LogP contribution in [-0.4, -0.2) is 45.1 Å². The number of nitro groups is 1. The van der Waals surface area contributed by atoms with Gasteiger partial charge in [0, 0.05) is 18.9 Å². The average molecular weight is 363 g/mol. The molecule has 0 aliphatic heterocycles. The molecule has 0 aromatic heterocycles. The van der Waals surface area contributed by atoms with Gasteiger partial charge in [-0.1, -0.05) is 30.3 Å². The lowest BCUT2D eigenvalue weighted by molar-refractivity contribution is -0.384. The van der Waals surface area contributed by atoms with E-state index in [0.29, 0.717) is 12.2 Å². The number of rotatable bonds is 7. The fourth-order valence-electron chi connectivity index (χ4n) is 2.52. The van der Waals surface area contributed by atoms with Gasteiger partial charge in [-0.15, -0.1) is 0 Å². The molecule has 0 fully saturated rings. The van der Waals surface area contributed by atoms with E-state index in [0.717, 1.165) is 17.9 Å². The van der Waals surface area contributed by atoms with Crippen LogP contribution in [0.2, 0.25) is 0 Å². The first-order valence-electron chi connectivity index (χ1n) is 7.64. The molecule has 0 bridgehead atoms. The summed E-state index contributed by atoms with van der Waals surface area (Å²) >= 11 is 0. The molecule has 1 atom stereocenters. The molecule has 134 valence electrons. The van der Waals surface area contributed by atoms with Crippen LogP contribution in [0.15, 0.2) is 53.4 Å². The van der Waals surface area contributed by atoms with Crippen LogP contribution in [0, 0.1) is 10.1 Å². The molecule has 0 aliphatic rings. The zero-order chi connectivity index (χ0) is 18.6. The first kappa shape index (κ1) is 18.9. The number of nitrogens with one attached hydrogen (secondary N) is 1. The summed E-state index contributed by atoms with van der Waals surface area (Å²) in [6.07, 6.45) is 1.02. The van der Waals surface area contributed by atoms with Crippen LogP contribution >= 0.6 is 0 Å². The molecule has 2 aromatic rings. The van der Waals surface area contributed by atoms with Gasteiger partial charge in [0.15, 0.2) is 9.84 Å². The Labute approximate surface area is 147 Å². The van der Waals surface area contributed by atoms with Crippen molar-refractivity contribution in [3.63, 3.8) is 0 Å². The van der Waals surface area contributed by atoms with Crippen molar-refractivity contribution in [2.45, 2.75) is 10.9 Å². The molecule has 0 radical (unpaired) electrons. The summed E-state index contributed by atoms with van der Waals surface area (Å²) in [6.45, 7) is 0.441. The number of nitro benzene ring substituents is 1. The third-order valence-corrected chi connectivity index (χ3v) is 5.00. The Balaban J connectivity index is 2.28. The Hall–Kier alpha value is -2.45. The van der Waals surface area contributed by atoms with Crippen molar-refractivity contribution >= 4 is 21.2 Å². The lowest BCUT2D eigenvalue weighted by Crippen LogP contribution is -2.27. The van der Waals surface area contributed by atoms with Crippen LogP contribution in [0.1, 0.15) is 11.6 Å². The second-order valence-corrected chi connectivity index (χ2v) is 7.99. The van der Waals surface area contributed by atoms with Crippen molar-refractivity contribution in [3.05, 3.63) is 64.2 Å². The van der Waals surface area contributed by atoms with Crippen LogP contribution in [0.25, 0.3) is 0 Å². The summed E-state index contributed by atoms with van der Waals surface area (Å²) in [5, 5.41) is 14.4. The normalized spacial score (nSPS) is 12.8. The van der Waals surface area contributed by atoms with E-state index in [-0.39, 0.29) is 16.6 Å². The summed E-state index contributed by atoms with van der Waals surface area (Å²) in [6, 6.07) is 13.7. The maximum absolute atomic E-state index is 11.6. The highest BCUT2D eigenvalue weighted by molar-refractivity contribution is 7.90. The highest BCUT2D eigenvalue weighted by Gasteiger charge is 2.20. The third kappa shape index (κ3) is 4.77. The minimum Gasteiger partial charge on any atom is -0.378 e. The Morgan fingerprint density at radius 3 is 2.32 bits per heavy atom. The largest absolute Gasteiger partial charge is 0.378 e. The van der Waals surface area contributed by atoms with Gasteiger partial charge >= 0.3 is 0 Å². The van der Waals surface area contributed by atoms with Crippen LogP contribution in [-0.2, 0) is 9.84 Å². The zero-order valence-corrected chi connectivity index (χ0v) is 15.2. The minimum atomic E-state index is -3.50. The van der Waals surface area contributed by atoms with Gasteiger partial charge in [0.2, 0.25) is 0 Å². The van der Waals surface area contributed by atoms with Gasteiger partial charge < -0.3 is 10.2 Å². The van der Waals surface area contributed by atoms with E-state index in [4.69, 9.17) is 0 Å². The Bertz CT molecular complexity index is 851. The molecule has 7 nitrogen and oxygen atoms in total. The molecule has 0 spiro atoms. The molecule has 0 saturated carbocycles. The monoisotopic (exact) mass is 363 g/mol. The van der Waals surface area contributed by atoms with Crippen LogP contribution in [0.5, 0.6) is 0 Å². The van der Waals surface area contributed by atoms with Crippen molar-refractivity contribution in [1.82, 2.24) is 4.90 Å². The summed E-state index contributed by atoms with van der Waals surface area (Å²) in [4.78, 5) is 12.7. The standard InChI is InChI=1S/C17H21N3O4S/c1-19(2)17(13-7-5-4-6-8-13)12-18-15-10-9-14(25(3,23)24)11-16(15)20(21)22/h4-11,17-18H,12H2,1-3H3/t17-/m0/s1. The third-order valence-electron chi connectivity index (χ3n) is 3.89. The fourth-order valence-corrected chi connectivity index (χ4v) is 3.16. The van der Waals surface area contributed by atoms with Crippen molar-refractivity contribution < 1.29 is 13.3 Å². The van der Waals surface area contributed by atoms with Crippen molar-refractivity contribution in [1.29, 1.82) is 0 Å². The number of benzene rings is 2. The van der Waals surface area contributed by atoms with E-state index in [9.17, 15) is 18.5 Å². The van der Waals surface area contributed by atoms with Gasteiger partial charge in [0.25, 0.3) is 5.69 Å². The van der Waals surface area contributed by atoms with E-state index < -0.39 is 14.8 Å². The first-order valence-corrected chi connectivity index (χ1v) is 9.53. The molecule has 0 amide bonds. The number of sulfone groups is 1. The molecule has 2 rings (SSSR count). The highest BCUT2D eigenvalue weighted by atomic mass is 32.2. The Kier molecular flexibility index (Phi) is 5.76. The Morgan fingerprint density at radius 2 is 1.80 bits per heavy atom. The Morgan fingerprint density at radius 1 is 1.16 bits per heavy atom. The van der Waals surface area contributed by atoms with Gasteiger partial charge in [0.1, 0.15) is 5.69 Å². The van der Waals surface area contributed by atoms with Crippen LogP contribution < -0.4 is 5.32 Å². The lowest BCUT2D eigenvalue weighted by Gasteiger charge is -2.25. The maximum atomic E-state index is 11.6. The van der Waals surface area contributed by atoms with Crippen LogP contribution in [0.4, 0.5) is 11.4 Å². The topological polar surface area (TPSA) is 92.6 Å². The summed E-state index contributed by atoms with van der Waals surface area (Å²) < 4.78 is 23.2. The number of likely N-dealkylation sites (N-methyl/N-ethyl adjacent to an activating group) is 1. The van der Waals surface area contributed by atoms with Crippen LogP contribution in [0.3, 0.4) is 0 Å². The maximum Gasteiger partial charge on any atom is 0.293 e. The predicted octanol–water partition coefficient (Wildman–Crippen LogP) is 2.71. The summed E-state index contributed by atoms with van der Waals surface area (Å²) in [5.41, 5.74) is 1.11. The number of hydrogen-bond donors (Lipinski definition) is 1. The molecular formula is C17H21N3O4S. The molecule has 1 N–H and O–H groups in total. The van der Waals surface area contributed by atoms with Crippen molar-refractivity contribution in [3.8, 4) is 0 Å². The molecule has 8 heteroatoms. The molecule has 25 heavy (non-hydrogen) atoms. The van der Waals surface area contributed by atoms with Crippen molar-refractivity contribution in [2.24, 2.45) is 0 Å². The molecule has 0 heterocycles. The second kappa shape index (κ2) is 7.62. The van der Waals surface area contributed by atoms with Gasteiger partial charge in [0.05, 0.1) is 15.9 Å². The van der Waals surface area contributed by atoms with Crippen molar-refractivity contribution in [2.75, 3.05) is 32.2 Å². The average Bonchev–Trinajstić information content (AvgIpc) is 2.54.